The van der Waals surface area contributed by atoms with Gasteiger partial charge in [0.05, 0.1) is 11.3 Å². The van der Waals surface area contributed by atoms with Gasteiger partial charge >= 0.3 is 0 Å². The van der Waals surface area contributed by atoms with Gasteiger partial charge in [0.15, 0.2) is 0 Å². The Kier molecular flexibility index (Phi) is 5.82. The van der Waals surface area contributed by atoms with Crippen LogP contribution in [0.3, 0.4) is 0 Å². The van der Waals surface area contributed by atoms with E-state index in [2.05, 4.69) is 38.4 Å². The first kappa shape index (κ1) is 16.5. The minimum Gasteiger partial charge on any atom is -0.377 e. The molecule has 1 fully saturated rings. The van der Waals surface area contributed by atoms with Crippen molar-refractivity contribution in [3.05, 3.63) is 18.0 Å². The highest BCUT2D eigenvalue weighted by molar-refractivity contribution is 5.07. The van der Waals surface area contributed by atoms with Crippen LogP contribution in [0.4, 0.5) is 0 Å². The lowest BCUT2D eigenvalue weighted by Crippen LogP contribution is -2.52. The van der Waals surface area contributed by atoms with Crippen LogP contribution in [0.1, 0.15) is 64.6 Å². The van der Waals surface area contributed by atoms with E-state index >= 15 is 0 Å². The van der Waals surface area contributed by atoms with Gasteiger partial charge in [-0.1, -0.05) is 19.8 Å². The molecule has 1 saturated carbocycles. The molecule has 1 aromatic heterocycles. The molecular weight excluding hydrogens is 262 g/mol. The molecule has 1 N–H and O–H groups in total. The van der Waals surface area contributed by atoms with Crippen molar-refractivity contribution in [2.45, 2.75) is 77.0 Å². The fourth-order valence-electron chi connectivity index (χ4n) is 3.41. The first-order valence-electron chi connectivity index (χ1n) is 8.44. The van der Waals surface area contributed by atoms with E-state index in [4.69, 9.17) is 9.84 Å². The third kappa shape index (κ3) is 3.86. The van der Waals surface area contributed by atoms with Crippen molar-refractivity contribution in [2.24, 2.45) is 0 Å². The van der Waals surface area contributed by atoms with Gasteiger partial charge in [-0.2, -0.15) is 5.10 Å². The van der Waals surface area contributed by atoms with Crippen molar-refractivity contribution in [1.29, 1.82) is 0 Å². The molecule has 2 rings (SSSR count). The molecule has 0 amide bonds. The first-order valence-corrected chi connectivity index (χ1v) is 8.44. The maximum Gasteiger partial charge on any atom is 0.0834 e. The van der Waals surface area contributed by atoms with Crippen molar-refractivity contribution >= 4 is 0 Å². The van der Waals surface area contributed by atoms with E-state index in [1.54, 1.807) is 0 Å². The highest BCUT2D eigenvalue weighted by atomic mass is 16.5. The molecule has 4 nitrogen and oxygen atoms in total. The van der Waals surface area contributed by atoms with Crippen LogP contribution >= 0.6 is 0 Å². The van der Waals surface area contributed by atoms with E-state index < -0.39 is 0 Å². The maximum atomic E-state index is 5.99. The monoisotopic (exact) mass is 293 g/mol. The molecule has 120 valence electrons. The third-order valence-electron chi connectivity index (χ3n) is 4.74. The smallest absolute Gasteiger partial charge is 0.0834 e. The standard InChI is InChI=1S/C17H31N3O/c1-5-11-18-16(17(21-4)9-6-7-10-17)13-15-8-12-20(19-15)14(2)3/h8,12,14,16,18H,5-7,9-11,13H2,1-4H3. The maximum absolute atomic E-state index is 5.99. The second-order valence-corrected chi connectivity index (χ2v) is 6.57. The van der Waals surface area contributed by atoms with Gasteiger partial charge in [0.2, 0.25) is 0 Å². The Labute approximate surface area is 129 Å². The molecule has 1 aromatic rings. The van der Waals surface area contributed by atoms with Gasteiger partial charge in [-0.05, 0) is 45.7 Å². The molecule has 0 aromatic carbocycles. The zero-order valence-corrected chi connectivity index (χ0v) is 14.1. The van der Waals surface area contributed by atoms with Crippen LogP contribution in [0.25, 0.3) is 0 Å². The molecule has 1 aliphatic rings. The van der Waals surface area contributed by atoms with Crippen LogP contribution in [-0.4, -0.2) is 35.1 Å². The normalized spacial score (nSPS) is 19.3. The van der Waals surface area contributed by atoms with Gasteiger partial charge in [-0.15, -0.1) is 0 Å². The quantitative estimate of drug-likeness (QED) is 0.799. The minimum atomic E-state index is -0.00319. The fourth-order valence-corrected chi connectivity index (χ4v) is 3.41. The van der Waals surface area contributed by atoms with Gasteiger partial charge in [0, 0.05) is 31.8 Å². The Morgan fingerprint density at radius 3 is 2.62 bits per heavy atom. The molecule has 0 radical (unpaired) electrons. The van der Waals surface area contributed by atoms with E-state index in [0.717, 1.165) is 32.2 Å². The molecule has 1 unspecified atom stereocenters. The van der Waals surface area contributed by atoms with Gasteiger partial charge in [0.1, 0.15) is 0 Å². The van der Waals surface area contributed by atoms with E-state index in [1.807, 2.05) is 11.8 Å². The molecule has 21 heavy (non-hydrogen) atoms. The van der Waals surface area contributed by atoms with Gasteiger partial charge in [-0.25, -0.2) is 0 Å². The molecule has 0 spiro atoms. The number of ether oxygens (including phenoxy) is 1. The topological polar surface area (TPSA) is 39.1 Å². The average Bonchev–Trinajstić information content (AvgIpc) is 3.13. The molecule has 0 aliphatic heterocycles. The predicted octanol–water partition coefficient (Wildman–Crippen LogP) is 3.33. The van der Waals surface area contributed by atoms with E-state index in [9.17, 15) is 0 Å². The number of aromatic nitrogens is 2. The van der Waals surface area contributed by atoms with Crippen molar-refractivity contribution in [3.63, 3.8) is 0 Å². The number of nitrogens with one attached hydrogen (secondary N) is 1. The van der Waals surface area contributed by atoms with E-state index in [0.29, 0.717) is 12.1 Å². The van der Waals surface area contributed by atoms with E-state index in [1.165, 1.54) is 18.5 Å². The number of methoxy groups -OCH3 is 1. The number of nitrogens with zero attached hydrogens (tertiary/aromatic N) is 2. The van der Waals surface area contributed by atoms with Crippen molar-refractivity contribution in [1.82, 2.24) is 15.1 Å². The zero-order chi connectivity index (χ0) is 15.3. The lowest BCUT2D eigenvalue weighted by atomic mass is 9.88. The van der Waals surface area contributed by atoms with Crippen LogP contribution in [0.2, 0.25) is 0 Å². The summed E-state index contributed by atoms with van der Waals surface area (Å²) in [6.07, 6.45) is 9.07. The molecular formula is C17H31N3O. The summed E-state index contributed by atoms with van der Waals surface area (Å²) in [6.45, 7) is 7.58. The lowest BCUT2D eigenvalue weighted by molar-refractivity contribution is -0.0357. The highest BCUT2D eigenvalue weighted by Gasteiger charge is 2.41. The Balaban J connectivity index is 2.11. The van der Waals surface area contributed by atoms with Crippen LogP contribution in [0.15, 0.2) is 12.3 Å². The van der Waals surface area contributed by atoms with Crippen LogP contribution < -0.4 is 5.32 Å². The number of hydrogen-bond donors (Lipinski definition) is 1. The zero-order valence-electron chi connectivity index (χ0n) is 14.1. The van der Waals surface area contributed by atoms with E-state index in [-0.39, 0.29) is 5.60 Å². The van der Waals surface area contributed by atoms with Crippen molar-refractivity contribution in [3.8, 4) is 0 Å². The third-order valence-corrected chi connectivity index (χ3v) is 4.74. The summed E-state index contributed by atoms with van der Waals surface area (Å²) in [6, 6.07) is 2.93. The van der Waals surface area contributed by atoms with Gasteiger partial charge < -0.3 is 10.1 Å². The lowest BCUT2D eigenvalue weighted by Gasteiger charge is -2.37. The van der Waals surface area contributed by atoms with Crippen molar-refractivity contribution in [2.75, 3.05) is 13.7 Å². The van der Waals surface area contributed by atoms with Crippen LogP contribution in [0.5, 0.6) is 0 Å². The summed E-state index contributed by atoms with van der Waals surface area (Å²) < 4.78 is 8.03. The molecule has 1 atom stereocenters. The number of rotatable bonds is 8. The van der Waals surface area contributed by atoms with Crippen molar-refractivity contribution < 1.29 is 4.74 Å². The summed E-state index contributed by atoms with van der Waals surface area (Å²) in [4.78, 5) is 0. The Morgan fingerprint density at radius 1 is 1.38 bits per heavy atom. The number of hydrogen-bond acceptors (Lipinski definition) is 3. The Bertz CT molecular complexity index is 421. The molecule has 1 heterocycles. The SMILES string of the molecule is CCCNC(Cc1ccn(C(C)C)n1)C1(OC)CCCC1. The molecule has 4 heteroatoms. The van der Waals surface area contributed by atoms with Crippen LogP contribution in [-0.2, 0) is 11.2 Å². The second kappa shape index (κ2) is 7.41. The minimum absolute atomic E-state index is 0.00319. The van der Waals surface area contributed by atoms with Gasteiger partial charge in [0.25, 0.3) is 0 Å². The van der Waals surface area contributed by atoms with Crippen LogP contribution in [0, 0.1) is 0 Å². The molecule has 0 saturated heterocycles. The second-order valence-electron chi connectivity index (χ2n) is 6.57. The fraction of sp³-hybridized carbons (Fsp3) is 0.824. The molecule has 0 bridgehead atoms. The summed E-state index contributed by atoms with van der Waals surface area (Å²) in [5.74, 6) is 0. The average molecular weight is 293 g/mol. The predicted molar refractivity (Wildman–Crippen MR) is 86.6 cm³/mol. The highest BCUT2D eigenvalue weighted by Crippen LogP contribution is 2.36. The summed E-state index contributed by atoms with van der Waals surface area (Å²) in [5.41, 5.74) is 1.16. The summed E-state index contributed by atoms with van der Waals surface area (Å²) in [7, 11) is 1.87. The molecule has 1 aliphatic carbocycles. The summed E-state index contributed by atoms with van der Waals surface area (Å²) in [5, 5.41) is 8.43. The largest absolute Gasteiger partial charge is 0.377 e. The first-order chi connectivity index (χ1) is 10.1. The Morgan fingerprint density at radius 2 is 2.10 bits per heavy atom. The summed E-state index contributed by atoms with van der Waals surface area (Å²) >= 11 is 0. The Hall–Kier alpha value is -0.870. The van der Waals surface area contributed by atoms with Gasteiger partial charge in [-0.3, -0.25) is 4.68 Å².